The van der Waals surface area contributed by atoms with Crippen LogP contribution in [0.5, 0.6) is 0 Å². The molecule has 0 unspecified atom stereocenters. The lowest BCUT2D eigenvalue weighted by molar-refractivity contribution is -0.123. The highest BCUT2D eigenvalue weighted by Gasteiger charge is 2.50. The number of hydrogen-bond donors (Lipinski definition) is 0. The minimum absolute atomic E-state index is 0.137. The number of amides is 2. The van der Waals surface area contributed by atoms with Crippen LogP contribution in [0.3, 0.4) is 0 Å². The van der Waals surface area contributed by atoms with E-state index in [9.17, 15) is 9.59 Å². The number of carbonyl (C=O) groups excluding carboxylic acids is 2. The molecule has 6 heteroatoms. The zero-order valence-corrected chi connectivity index (χ0v) is 20.0. The number of allylic oxidation sites excluding steroid dienone is 3. The first-order valence-electron chi connectivity index (χ1n) is 11.3. The monoisotopic (exact) mass is 470 g/mol. The fraction of sp³-hybridized carbons (Fsp3) is 0.500. The van der Waals surface area contributed by atoms with Crippen molar-refractivity contribution in [3.05, 3.63) is 57.1 Å². The molecule has 168 valence electrons. The lowest BCUT2D eigenvalue weighted by Crippen LogP contribution is -2.44. The van der Waals surface area contributed by atoms with Crippen molar-refractivity contribution < 1.29 is 9.59 Å². The predicted octanol–water partition coefficient (Wildman–Crippen LogP) is 6.59. The molecular weight excluding hydrogens is 443 g/mol. The second kappa shape index (κ2) is 9.04. The maximum Gasteiger partial charge on any atom is 0.260 e. The van der Waals surface area contributed by atoms with E-state index in [4.69, 9.17) is 28.5 Å². The largest absolute Gasteiger partial charge is 0.275 e. The molecule has 1 aromatic rings. The summed E-state index contributed by atoms with van der Waals surface area (Å²) in [7, 11) is 0. The highest BCUT2D eigenvalue weighted by atomic mass is 35.5. The number of fused-ring (bicyclic) bond motifs is 3. The Morgan fingerprint density at radius 2 is 2.00 bits per heavy atom. The zero-order chi connectivity index (χ0) is 23.0. The third-order valence-electron chi connectivity index (χ3n) is 7.95. The van der Waals surface area contributed by atoms with E-state index in [2.05, 4.69) is 26.0 Å². The summed E-state index contributed by atoms with van der Waals surface area (Å²) < 4.78 is 0. The number of carbonyl (C=O) groups is 2. The minimum atomic E-state index is -0.360. The Kier molecular flexibility index (Phi) is 6.52. The predicted molar refractivity (Wildman–Crippen MR) is 126 cm³/mol. The number of hydrogen-bond acceptors (Lipinski definition) is 3. The zero-order valence-electron chi connectivity index (χ0n) is 18.5. The summed E-state index contributed by atoms with van der Waals surface area (Å²) >= 11 is 12.2. The quantitative estimate of drug-likeness (QED) is 0.369. The lowest BCUT2D eigenvalue weighted by atomic mass is 9.52. The molecule has 2 amide bonds. The van der Waals surface area contributed by atoms with Gasteiger partial charge in [-0.05, 0) is 80.4 Å². The van der Waals surface area contributed by atoms with Crippen LogP contribution in [0, 0.1) is 34.5 Å². The van der Waals surface area contributed by atoms with Crippen LogP contribution in [0.4, 0.5) is 0 Å². The normalized spacial score (nSPS) is 29.8. The number of halogens is 2. The highest BCUT2D eigenvalue weighted by Crippen LogP contribution is 2.57. The molecule has 4 nitrogen and oxygen atoms in total. The first kappa shape index (κ1) is 23.1. The van der Waals surface area contributed by atoms with Crippen LogP contribution >= 0.6 is 23.2 Å². The molecule has 1 heterocycles. The second-order valence-corrected chi connectivity index (χ2v) is 10.5. The average molecular weight is 471 g/mol. The topological polar surface area (TPSA) is 61.2 Å². The van der Waals surface area contributed by atoms with Crippen LogP contribution < -0.4 is 0 Å². The van der Waals surface area contributed by atoms with Gasteiger partial charge in [-0.1, -0.05) is 47.3 Å². The van der Waals surface area contributed by atoms with Crippen molar-refractivity contribution in [2.75, 3.05) is 6.54 Å². The molecule has 0 bridgehead atoms. The van der Waals surface area contributed by atoms with Crippen LogP contribution in [0.25, 0.3) is 0 Å². The van der Waals surface area contributed by atoms with Crippen molar-refractivity contribution in [3.8, 4) is 6.07 Å². The Hall–Kier alpha value is -2.09. The van der Waals surface area contributed by atoms with E-state index >= 15 is 0 Å². The fourth-order valence-electron chi connectivity index (χ4n) is 6.20. The van der Waals surface area contributed by atoms with Gasteiger partial charge in [0, 0.05) is 34.7 Å². The second-order valence-electron chi connectivity index (χ2n) is 9.59. The van der Waals surface area contributed by atoms with Crippen molar-refractivity contribution in [2.24, 2.45) is 23.2 Å². The van der Waals surface area contributed by atoms with Gasteiger partial charge in [0.1, 0.15) is 0 Å². The summed E-state index contributed by atoms with van der Waals surface area (Å²) in [5.74, 6) is 0.739. The van der Waals surface area contributed by atoms with Crippen molar-refractivity contribution in [1.29, 1.82) is 5.26 Å². The van der Waals surface area contributed by atoms with Gasteiger partial charge < -0.3 is 0 Å². The molecule has 0 aromatic heterocycles. The molecule has 4 atom stereocenters. The summed E-state index contributed by atoms with van der Waals surface area (Å²) in [4.78, 5) is 27.7. The van der Waals surface area contributed by atoms with Crippen LogP contribution in [0.1, 0.15) is 62.7 Å². The Morgan fingerprint density at radius 1 is 1.28 bits per heavy atom. The van der Waals surface area contributed by atoms with E-state index in [-0.39, 0.29) is 17.2 Å². The van der Waals surface area contributed by atoms with E-state index in [1.165, 1.54) is 10.5 Å². The van der Waals surface area contributed by atoms with Crippen molar-refractivity contribution in [2.45, 2.75) is 52.4 Å². The SMILES string of the molecule is CC1=CC[C@H]2[C@@H](CCC3=CC(=O)N(C(=O)c4cc(Cl)cc(Cl)c4)CC[C@@]32C)[C@@H]1CCC#N. The van der Waals surface area contributed by atoms with Gasteiger partial charge in [-0.2, -0.15) is 5.26 Å². The van der Waals surface area contributed by atoms with E-state index in [0.29, 0.717) is 46.3 Å². The standard InChI is InChI=1S/C26H28Cl2N2O2/c1-16-5-8-23-22(21(16)4-3-10-29)7-6-18-14-24(31)30(11-9-26(18,23)2)25(32)17-12-19(27)15-20(28)13-17/h5,12-15,21-23H,3-4,6-9,11H2,1-2H3/t21-,22+,23+,26+/m1/s1. The maximum absolute atomic E-state index is 13.2. The summed E-state index contributed by atoms with van der Waals surface area (Å²) in [6, 6.07) is 6.99. The third kappa shape index (κ3) is 4.14. The molecule has 0 radical (unpaired) electrons. The molecule has 0 N–H and O–H groups in total. The molecule has 3 aliphatic rings. The van der Waals surface area contributed by atoms with Crippen LogP contribution in [-0.2, 0) is 4.79 Å². The van der Waals surface area contributed by atoms with E-state index in [1.807, 2.05) is 0 Å². The smallest absolute Gasteiger partial charge is 0.260 e. The van der Waals surface area contributed by atoms with Gasteiger partial charge in [0.25, 0.3) is 11.8 Å². The molecule has 1 aromatic carbocycles. The van der Waals surface area contributed by atoms with Crippen LogP contribution in [0.15, 0.2) is 41.5 Å². The molecule has 32 heavy (non-hydrogen) atoms. The lowest BCUT2D eigenvalue weighted by Gasteiger charge is -2.52. The first-order valence-corrected chi connectivity index (χ1v) is 12.1. The van der Waals surface area contributed by atoms with Gasteiger partial charge in [-0.25, -0.2) is 0 Å². The summed E-state index contributed by atoms with van der Waals surface area (Å²) in [5, 5.41) is 9.87. The van der Waals surface area contributed by atoms with Crippen LogP contribution in [-0.4, -0.2) is 23.3 Å². The van der Waals surface area contributed by atoms with Crippen molar-refractivity contribution in [1.82, 2.24) is 4.90 Å². The molecule has 0 spiro atoms. The van der Waals surface area contributed by atoms with Gasteiger partial charge in [-0.15, -0.1) is 0 Å². The number of rotatable bonds is 3. The number of nitriles is 1. The molecule has 1 saturated carbocycles. The van der Waals surface area contributed by atoms with Gasteiger partial charge in [-0.3, -0.25) is 14.5 Å². The highest BCUT2D eigenvalue weighted by molar-refractivity contribution is 6.35. The van der Waals surface area contributed by atoms with Gasteiger partial charge >= 0.3 is 0 Å². The Labute approximate surface area is 199 Å². The summed E-state index contributed by atoms with van der Waals surface area (Å²) in [6.07, 6.45) is 9.13. The Bertz CT molecular complexity index is 1030. The van der Waals surface area contributed by atoms with E-state index < -0.39 is 0 Å². The maximum atomic E-state index is 13.2. The molecule has 1 aliphatic heterocycles. The Morgan fingerprint density at radius 3 is 2.69 bits per heavy atom. The minimum Gasteiger partial charge on any atom is -0.275 e. The fourth-order valence-corrected chi connectivity index (χ4v) is 6.72. The summed E-state index contributed by atoms with van der Waals surface area (Å²) in [5.41, 5.74) is 2.75. The van der Waals surface area contributed by atoms with E-state index in [1.54, 1.807) is 24.3 Å². The number of nitrogens with zero attached hydrogens (tertiary/aromatic N) is 2. The van der Waals surface area contributed by atoms with Gasteiger partial charge in [0.05, 0.1) is 6.07 Å². The van der Waals surface area contributed by atoms with Gasteiger partial charge in [0.15, 0.2) is 0 Å². The number of imide groups is 1. The Balaban J connectivity index is 1.62. The van der Waals surface area contributed by atoms with Crippen molar-refractivity contribution in [3.63, 3.8) is 0 Å². The molecule has 0 saturated heterocycles. The molecule has 1 fully saturated rings. The van der Waals surface area contributed by atoms with Crippen LogP contribution in [0.2, 0.25) is 10.0 Å². The van der Waals surface area contributed by atoms with Crippen molar-refractivity contribution >= 4 is 35.0 Å². The summed E-state index contributed by atoms with van der Waals surface area (Å²) in [6.45, 7) is 4.83. The van der Waals surface area contributed by atoms with Gasteiger partial charge in [0.2, 0.25) is 0 Å². The van der Waals surface area contributed by atoms with E-state index in [0.717, 1.165) is 37.7 Å². The molecule has 4 rings (SSSR count). The first-order chi connectivity index (χ1) is 15.2. The molecular formula is C26H28Cl2N2O2. The third-order valence-corrected chi connectivity index (χ3v) is 8.39. The number of benzene rings is 1. The molecule has 2 aliphatic carbocycles. The average Bonchev–Trinajstić information content (AvgIpc) is 2.87.